The van der Waals surface area contributed by atoms with E-state index in [4.69, 9.17) is 0 Å². The third-order valence-corrected chi connectivity index (χ3v) is 6.63. The first kappa shape index (κ1) is 22.5. The zero-order valence-corrected chi connectivity index (χ0v) is 19.5. The van der Waals surface area contributed by atoms with Gasteiger partial charge in [0.25, 0.3) is 5.91 Å². The van der Waals surface area contributed by atoms with Gasteiger partial charge in [0.05, 0.1) is 17.0 Å². The Kier molecular flexibility index (Phi) is 6.41. The van der Waals surface area contributed by atoms with Crippen LogP contribution in [0.4, 0.5) is 11.5 Å². The standard InChI is InChI=1S/C27H29N5O/c1-20-17-22(27(19-28)12-4-5-13-27)8-9-24(20)32(3)26(33)23-7-6-14-30-25(23)31(2)18-21-10-15-29-16-11-21/h6-11,14-17H,4-5,12-13,18H2,1-3H3. The van der Waals surface area contributed by atoms with E-state index < -0.39 is 5.41 Å². The third-order valence-electron chi connectivity index (χ3n) is 6.63. The molecule has 1 amide bonds. The summed E-state index contributed by atoms with van der Waals surface area (Å²) in [5.41, 5.74) is 4.13. The van der Waals surface area contributed by atoms with Crippen LogP contribution in [0, 0.1) is 18.3 Å². The van der Waals surface area contributed by atoms with Crippen LogP contribution in [0.25, 0.3) is 0 Å². The van der Waals surface area contributed by atoms with Crippen molar-refractivity contribution >= 4 is 17.4 Å². The number of hydrogen-bond acceptors (Lipinski definition) is 5. The summed E-state index contributed by atoms with van der Waals surface area (Å²) in [5.74, 6) is 0.515. The normalized spacial score (nSPS) is 14.5. The molecule has 0 N–H and O–H groups in total. The van der Waals surface area contributed by atoms with E-state index in [9.17, 15) is 10.1 Å². The number of rotatable bonds is 6. The van der Waals surface area contributed by atoms with E-state index >= 15 is 0 Å². The van der Waals surface area contributed by atoms with Crippen molar-refractivity contribution in [3.8, 4) is 6.07 Å². The number of pyridine rings is 2. The van der Waals surface area contributed by atoms with E-state index in [1.807, 2.05) is 49.2 Å². The van der Waals surface area contributed by atoms with Crippen molar-refractivity contribution in [2.24, 2.45) is 0 Å². The fraction of sp³-hybridized carbons (Fsp3) is 0.333. The average Bonchev–Trinajstić information content (AvgIpc) is 3.34. The second-order valence-electron chi connectivity index (χ2n) is 8.85. The van der Waals surface area contributed by atoms with E-state index in [1.165, 1.54) is 0 Å². The van der Waals surface area contributed by atoms with Gasteiger partial charge in [-0.25, -0.2) is 4.98 Å². The highest BCUT2D eigenvalue weighted by Crippen LogP contribution is 2.41. The zero-order chi connectivity index (χ0) is 23.4. The maximum atomic E-state index is 13.5. The van der Waals surface area contributed by atoms with E-state index in [1.54, 1.807) is 36.6 Å². The van der Waals surface area contributed by atoms with Crippen LogP contribution in [0.2, 0.25) is 0 Å². The molecular weight excluding hydrogens is 410 g/mol. The maximum Gasteiger partial charge on any atom is 0.261 e. The predicted molar refractivity (Wildman–Crippen MR) is 130 cm³/mol. The molecule has 2 aromatic heterocycles. The molecule has 168 valence electrons. The molecule has 0 aliphatic heterocycles. The fourth-order valence-corrected chi connectivity index (χ4v) is 4.77. The summed E-state index contributed by atoms with van der Waals surface area (Å²) in [6, 6.07) is 16.1. The van der Waals surface area contributed by atoms with Crippen LogP contribution in [-0.4, -0.2) is 30.0 Å². The number of hydrogen-bond donors (Lipinski definition) is 0. The van der Waals surface area contributed by atoms with Crippen LogP contribution < -0.4 is 9.80 Å². The quantitative estimate of drug-likeness (QED) is 0.538. The van der Waals surface area contributed by atoms with Crippen molar-refractivity contribution < 1.29 is 4.79 Å². The Bertz CT molecular complexity index is 1180. The largest absolute Gasteiger partial charge is 0.355 e. The number of aryl methyl sites for hydroxylation is 1. The van der Waals surface area contributed by atoms with Crippen molar-refractivity contribution in [3.05, 3.63) is 83.3 Å². The van der Waals surface area contributed by atoms with Gasteiger partial charge in [-0.05, 0) is 66.8 Å². The van der Waals surface area contributed by atoms with E-state index in [0.717, 1.165) is 48.1 Å². The number of carbonyl (C=O) groups excluding carboxylic acids is 1. The maximum absolute atomic E-state index is 13.5. The summed E-state index contributed by atoms with van der Waals surface area (Å²) < 4.78 is 0. The van der Waals surface area contributed by atoms with Gasteiger partial charge < -0.3 is 9.80 Å². The van der Waals surface area contributed by atoms with Crippen LogP contribution in [0.15, 0.2) is 61.1 Å². The molecule has 0 saturated heterocycles. The number of anilines is 2. The Morgan fingerprint density at radius 3 is 2.48 bits per heavy atom. The molecule has 0 radical (unpaired) electrons. The Morgan fingerprint density at radius 2 is 1.82 bits per heavy atom. The van der Waals surface area contributed by atoms with Crippen molar-refractivity contribution in [2.45, 2.75) is 44.6 Å². The van der Waals surface area contributed by atoms with Gasteiger partial charge in [-0.1, -0.05) is 25.0 Å². The van der Waals surface area contributed by atoms with Gasteiger partial charge in [0.2, 0.25) is 0 Å². The van der Waals surface area contributed by atoms with Crippen LogP contribution in [-0.2, 0) is 12.0 Å². The fourth-order valence-electron chi connectivity index (χ4n) is 4.77. The monoisotopic (exact) mass is 439 g/mol. The molecule has 0 bridgehead atoms. The van der Waals surface area contributed by atoms with Crippen LogP contribution in [0.1, 0.15) is 52.7 Å². The summed E-state index contributed by atoms with van der Waals surface area (Å²) in [6.45, 7) is 2.62. The molecule has 1 fully saturated rings. The van der Waals surface area contributed by atoms with Crippen molar-refractivity contribution in [2.75, 3.05) is 23.9 Å². The number of carbonyl (C=O) groups is 1. The molecule has 3 aromatic rings. The second-order valence-corrected chi connectivity index (χ2v) is 8.85. The average molecular weight is 440 g/mol. The molecule has 0 atom stereocenters. The van der Waals surface area contributed by atoms with Crippen molar-refractivity contribution in [1.82, 2.24) is 9.97 Å². The minimum atomic E-state index is -0.391. The number of benzene rings is 1. The lowest BCUT2D eigenvalue weighted by molar-refractivity contribution is 0.0993. The summed E-state index contributed by atoms with van der Waals surface area (Å²) in [4.78, 5) is 25.8. The van der Waals surface area contributed by atoms with Gasteiger partial charge in [-0.2, -0.15) is 5.26 Å². The lowest BCUT2D eigenvalue weighted by Crippen LogP contribution is -2.30. The van der Waals surface area contributed by atoms with Gasteiger partial charge in [-0.3, -0.25) is 9.78 Å². The molecule has 6 heteroatoms. The predicted octanol–water partition coefficient (Wildman–Crippen LogP) is 5.03. The Labute approximate surface area is 195 Å². The molecule has 1 aliphatic carbocycles. The highest BCUT2D eigenvalue weighted by Gasteiger charge is 2.36. The van der Waals surface area contributed by atoms with Crippen LogP contribution in [0.5, 0.6) is 0 Å². The van der Waals surface area contributed by atoms with E-state index in [-0.39, 0.29) is 5.91 Å². The summed E-state index contributed by atoms with van der Waals surface area (Å²) in [6.07, 6.45) is 9.21. The van der Waals surface area contributed by atoms with Gasteiger partial charge in [-0.15, -0.1) is 0 Å². The van der Waals surface area contributed by atoms with Crippen molar-refractivity contribution in [1.29, 1.82) is 5.26 Å². The molecule has 4 rings (SSSR count). The lowest BCUT2D eigenvalue weighted by atomic mass is 9.79. The summed E-state index contributed by atoms with van der Waals surface area (Å²) in [5, 5.41) is 9.83. The first-order valence-corrected chi connectivity index (χ1v) is 11.3. The first-order valence-electron chi connectivity index (χ1n) is 11.3. The van der Waals surface area contributed by atoms with Gasteiger partial charge in [0.15, 0.2) is 0 Å². The summed E-state index contributed by atoms with van der Waals surface area (Å²) >= 11 is 0. The molecule has 2 heterocycles. The molecule has 33 heavy (non-hydrogen) atoms. The van der Waals surface area contributed by atoms with Gasteiger partial charge >= 0.3 is 0 Å². The lowest BCUT2D eigenvalue weighted by Gasteiger charge is -2.26. The van der Waals surface area contributed by atoms with E-state index in [0.29, 0.717) is 17.9 Å². The number of nitrogens with zero attached hydrogens (tertiary/aromatic N) is 5. The smallest absolute Gasteiger partial charge is 0.261 e. The minimum absolute atomic E-state index is 0.119. The molecule has 0 spiro atoms. The first-order chi connectivity index (χ1) is 15.9. The van der Waals surface area contributed by atoms with Gasteiger partial charge in [0.1, 0.15) is 5.82 Å². The number of nitriles is 1. The Hall–Kier alpha value is -3.72. The number of amides is 1. The second kappa shape index (κ2) is 9.41. The topological polar surface area (TPSA) is 73.1 Å². The Morgan fingerprint density at radius 1 is 1.09 bits per heavy atom. The van der Waals surface area contributed by atoms with Gasteiger partial charge in [0, 0.05) is 44.9 Å². The molecular formula is C27H29N5O. The van der Waals surface area contributed by atoms with Crippen LogP contribution >= 0.6 is 0 Å². The molecule has 6 nitrogen and oxygen atoms in total. The third kappa shape index (κ3) is 4.45. The van der Waals surface area contributed by atoms with Crippen LogP contribution in [0.3, 0.4) is 0 Å². The summed E-state index contributed by atoms with van der Waals surface area (Å²) in [7, 11) is 3.72. The number of aromatic nitrogens is 2. The Balaban J connectivity index is 1.60. The minimum Gasteiger partial charge on any atom is -0.355 e. The van der Waals surface area contributed by atoms with E-state index in [2.05, 4.69) is 22.1 Å². The molecule has 1 saturated carbocycles. The molecule has 0 unspecified atom stereocenters. The SMILES string of the molecule is Cc1cc(C2(C#N)CCCC2)ccc1N(C)C(=O)c1cccnc1N(C)Cc1ccncc1. The highest BCUT2D eigenvalue weighted by molar-refractivity contribution is 6.09. The highest BCUT2D eigenvalue weighted by atomic mass is 16.2. The zero-order valence-electron chi connectivity index (χ0n) is 19.5. The van der Waals surface area contributed by atoms with Crippen molar-refractivity contribution in [3.63, 3.8) is 0 Å². The molecule has 1 aliphatic rings. The molecule has 1 aromatic carbocycles.